The molecule has 0 aliphatic carbocycles. The first-order valence-corrected chi connectivity index (χ1v) is 8.73. The molecule has 3 aromatic rings. The standard InChI is InChI=1S/C19H17Cl2N3O2/c1-19(2,13-5-6-14(20)15(21)8-13)11-23-18(25)16-9-17(26-24-16)12-4-3-7-22-10-12/h3-10H,11H2,1-2H3,(H,23,25). The number of carbonyl (C=O) groups excluding carboxylic acids is 1. The summed E-state index contributed by atoms with van der Waals surface area (Å²) in [5, 5.41) is 7.71. The third-order valence-electron chi connectivity index (χ3n) is 4.08. The lowest BCUT2D eigenvalue weighted by atomic mass is 9.84. The first-order valence-electron chi connectivity index (χ1n) is 7.98. The number of benzene rings is 1. The van der Waals surface area contributed by atoms with Gasteiger partial charge in [-0.05, 0) is 29.8 Å². The molecule has 2 heterocycles. The van der Waals surface area contributed by atoms with Gasteiger partial charge in [-0.15, -0.1) is 0 Å². The first-order chi connectivity index (χ1) is 12.4. The summed E-state index contributed by atoms with van der Waals surface area (Å²) in [6.07, 6.45) is 3.31. The average molecular weight is 390 g/mol. The van der Waals surface area contributed by atoms with E-state index in [2.05, 4.69) is 15.5 Å². The molecule has 26 heavy (non-hydrogen) atoms. The van der Waals surface area contributed by atoms with Crippen LogP contribution >= 0.6 is 23.2 Å². The Kier molecular flexibility index (Phi) is 5.30. The smallest absolute Gasteiger partial charge is 0.273 e. The maximum atomic E-state index is 12.4. The molecule has 0 spiro atoms. The zero-order chi connectivity index (χ0) is 18.7. The summed E-state index contributed by atoms with van der Waals surface area (Å²) in [5.41, 5.74) is 1.62. The van der Waals surface area contributed by atoms with E-state index in [0.717, 1.165) is 11.1 Å². The van der Waals surface area contributed by atoms with Crippen molar-refractivity contribution in [2.24, 2.45) is 0 Å². The largest absolute Gasteiger partial charge is 0.355 e. The summed E-state index contributed by atoms with van der Waals surface area (Å²) in [5.74, 6) is 0.184. The summed E-state index contributed by atoms with van der Waals surface area (Å²) >= 11 is 12.1. The number of pyridine rings is 1. The molecule has 0 fully saturated rings. The topological polar surface area (TPSA) is 68.0 Å². The highest BCUT2D eigenvalue weighted by atomic mass is 35.5. The number of amides is 1. The highest BCUT2D eigenvalue weighted by Gasteiger charge is 2.23. The normalized spacial score (nSPS) is 11.4. The van der Waals surface area contributed by atoms with Crippen LogP contribution < -0.4 is 5.32 Å². The van der Waals surface area contributed by atoms with Gasteiger partial charge in [-0.3, -0.25) is 9.78 Å². The molecule has 1 N–H and O–H groups in total. The quantitative estimate of drug-likeness (QED) is 0.683. The number of hydrogen-bond acceptors (Lipinski definition) is 4. The van der Waals surface area contributed by atoms with E-state index >= 15 is 0 Å². The predicted octanol–water partition coefficient (Wildman–Crippen LogP) is 4.75. The molecular formula is C19H17Cl2N3O2. The lowest BCUT2D eigenvalue weighted by Gasteiger charge is -2.25. The Morgan fingerprint density at radius 3 is 2.69 bits per heavy atom. The van der Waals surface area contributed by atoms with Crippen molar-refractivity contribution in [2.45, 2.75) is 19.3 Å². The highest BCUT2D eigenvalue weighted by molar-refractivity contribution is 6.42. The summed E-state index contributed by atoms with van der Waals surface area (Å²) in [6.45, 7) is 4.42. The monoisotopic (exact) mass is 389 g/mol. The minimum absolute atomic E-state index is 0.216. The van der Waals surface area contributed by atoms with Crippen molar-refractivity contribution >= 4 is 29.1 Å². The van der Waals surface area contributed by atoms with Gasteiger partial charge in [0.25, 0.3) is 5.91 Å². The van der Waals surface area contributed by atoms with Gasteiger partial charge in [0, 0.05) is 36.0 Å². The van der Waals surface area contributed by atoms with Crippen molar-refractivity contribution in [1.29, 1.82) is 0 Å². The number of nitrogens with one attached hydrogen (secondary N) is 1. The van der Waals surface area contributed by atoms with Crippen LogP contribution in [0.3, 0.4) is 0 Å². The van der Waals surface area contributed by atoms with E-state index in [0.29, 0.717) is 22.4 Å². The minimum atomic E-state index is -0.334. The van der Waals surface area contributed by atoms with Crippen LogP contribution in [0.1, 0.15) is 29.9 Å². The van der Waals surface area contributed by atoms with Crippen LogP contribution in [0.15, 0.2) is 53.3 Å². The summed E-state index contributed by atoms with van der Waals surface area (Å²) < 4.78 is 5.23. The number of aromatic nitrogens is 2. The fourth-order valence-electron chi connectivity index (χ4n) is 2.44. The van der Waals surface area contributed by atoms with E-state index in [1.807, 2.05) is 32.0 Å². The van der Waals surface area contributed by atoms with Crippen molar-refractivity contribution in [3.8, 4) is 11.3 Å². The Labute approximate surface area is 161 Å². The molecular weight excluding hydrogens is 373 g/mol. The molecule has 0 radical (unpaired) electrons. The van der Waals surface area contributed by atoms with Gasteiger partial charge in [0.2, 0.25) is 0 Å². The van der Waals surface area contributed by atoms with E-state index in [-0.39, 0.29) is 17.0 Å². The van der Waals surface area contributed by atoms with Crippen molar-refractivity contribution in [3.63, 3.8) is 0 Å². The maximum Gasteiger partial charge on any atom is 0.273 e. The molecule has 0 atom stereocenters. The van der Waals surface area contributed by atoms with Gasteiger partial charge in [-0.2, -0.15) is 0 Å². The molecule has 3 rings (SSSR count). The zero-order valence-corrected chi connectivity index (χ0v) is 15.8. The second kappa shape index (κ2) is 7.48. The first kappa shape index (κ1) is 18.4. The number of rotatable bonds is 5. The van der Waals surface area contributed by atoms with Crippen molar-refractivity contribution in [2.75, 3.05) is 6.54 Å². The second-order valence-corrected chi connectivity index (χ2v) is 7.33. The van der Waals surface area contributed by atoms with Crippen molar-refractivity contribution in [1.82, 2.24) is 15.5 Å². The Morgan fingerprint density at radius 1 is 1.19 bits per heavy atom. The third-order valence-corrected chi connectivity index (χ3v) is 4.82. The van der Waals surface area contributed by atoms with E-state index in [1.54, 1.807) is 30.6 Å². The number of nitrogens with zero attached hydrogens (tertiary/aromatic N) is 2. The lowest BCUT2D eigenvalue weighted by Crippen LogP contribution is -2.36. The zero-order valence-electron chi connectivity index (χ0n) is 14.3. The van der Waals surface area contributed by atoms with Crippen LogP contribution in [0.4, 0.5) is 0 Å². The van der Waals surface area contributed by atoms with Gasteiger partial charge >= 0.3 is 0 Å². The highest BCUT2D eigenvalue weighted by Crippen LogP contribution is 2.29. The fourth-order valence-corrected chi connectivity index (χ4v) is 2.74. The fraction of sp³-hybridized carbons (Fsp3) is 0.211. The number of hydrogen-bond donors (Lipinski definition) is 1. The molecule has 0 saturated carbocycles. The lowest BCUT2D eigenvalue weighted by molar-refractivity contribution is 0.0936. The molecule has 1 amide bonds. The van der Waals surface area contributed by atoms with Crippen molar-refractivity contribution < 1.29 is 9.32 Å². The molecule has 0 unspecified atom stereocenters. The van der Waals surface area contributed by atoms with Gasteiger partial charge in [-0.25, -0.2) is 0 Å². The van der Waals surface area contributed by atoms with E-state index in [1.165, 1.54) is 0 Å². The Morgan fingerprint density at radius 2 is 2.00 bits per heavy atom. The van der Waals surface area contributed by atoms with E-state index in [4.69, 9.17) is 27.7 Å². The summed E-state index contributed by atoms with van der Waals surface area (Å²) in [4.78, 5) is 16.4. The van der Waals surface area contributed by atoms with Gasteiger partial charge in [-0.1, -0.05) is 48.3 Å². The van der Waals surface area contributed by atoms with Gasteiger partial charge in [0.1, 0.15) is 0 Å². The Balaban J connectivity index is 1.68. The van der Waals surface area contributed by atoms with Crippen LogP contribution in [0, 0.1) is 0 Å². The minimum Gasteiger partial charge on any atom is -0.355 e. The predicted molar refractivity (Wildman–Crippen MR) is 102 cm³/mol. The van der Waals surface area contributed by atoms with Crippen LogP contribution in [0.2, 0.25) is 10.0 Å². The van der Waals surface area contributed by atoms with Gasteiger partial charge in [0.15, 0.2) is 11.5 Å². The maximum absolute atomic E-state index is 12.4. The molecule has 0 aliphatic rings. The molecule has 2 aromatic heterocycles. The number of carbonyl (C=O) groups is 1. The third kappa shape index (κ3) is 4.06. The van der Waals surface area contributed by atoms with E-state index < -0.39 is 0 Å². The molecule has 0 saturated heterocycles. The summed E-state index contributed by atoms with van der Waals surface area (Å²) in [7, 11) is 0. The molecule has 0 bridgehead atoms. The molecule has 0 aliphatic heterocycles. The Hall–Kier alpha value is -2.37. The average Bonchev–Trinajstić information content (AvgIpc) is 3.13. The SMILES string of the molecule is CC(C)(CNC(=O)c1cc(-c2cccnc2)on1)c1ccc(Cl)c(Cl)c1. The van der Waals surface area contributed by atoms with Crippen molar-refractivity contribution in [3.05, 3.63) is 70.1 Å². The molecule has 5 nitrogen and oxygen atoms in total. The van der Waals surface area contributed by atoms with E-state index in [9.17, 15) is 4.79 Å². The van der Waals surface area contributed by atoms with Gasteiger partial charge < -0.3 is 9.84 Å². The molecule has 134 valence electrons. The summed E-state index contributed by atoms with van der Waals surface area (Å²) in [6, 6.07) is 10.7. The molecule has 1 aromatic carbocycles. The number of halogens is 2. The van der Waals surface area contributed by atoms with Crippen LogP contribution in [-0.2, 0) is 5.41 Å². The van der Waals surface area contributed by atoms with Gasteiger partial charge in [0.05, 0.1) is 10.0 Å². The van der Waals surface area contributed by atoms with Crippen LogP contribution in [0.5, 0.6) is 0 Å². The van der Waals surface area contributed by atoms with Crippen LogP contribution in [0.25, 0.3) is 11.3 Å². The second-order valence-electron chi connectivity index (χ2n) is 6.51. The Bertz CT molecular complexity index is 924. The molecule has 7 heteroatoms. The van der Waals surface area contributed by atoms with Crippen LogP contribution in [-0.4, -0.2) is 22.6 Å².